The molecule has 0 amide bonds. The van der Waals surface area contributed by atoms with Crippen LogP contribution >= 0.6 is 23.1 Å². The number of fused-ring (bicyclic) bond motifs is 1. The average Bonchev–Trinajstić information content (AvgIpc) is 2.72. The predicted octanol–water partition coefficient (Wildman–Crippen LogP) is 4.28. The number of hydrogen-bond donors (Lipinski definition) is 1. The largest absolute Gasteiger partial charge is 0.316 e. The summed E-state index contributed by atoms with van der Waals surface area (Å²) in [6.07, 6.45) is 3.64. The highest BCUT2D eigenvalue weighted by atomic mass is 32.2. The van der Waals surface area contributed by atoms with Crippen LogP contribution in [0.4, 0.5) is 0 Å². The fraction of sp³-hybridized carbons (Fsp3) is 0.533. The lowest BCUT2D eigenvalue weighted by atomic mass is 10.1. The molecule has 2 nitrogen and oxygen atoms in total. The van der Waals surface area contributed by atoms with E-state index in [1.807, 2.05) is 11.8 Å². The summed E-state index contributed by atoms with van der Waals surface area (Å²) in [6.45, 7) is 5.36. The standard InChI is InChI=1S/C15H22N2S2/c1-3-5-6-12-7-8-13-14(11-12)19-15(16)17(13)9-10-18-4-2/h7-8,11,16H,3-6,9-10H2,1-2H3. The summed E-state index contributed by atoms with van der Waals surface area (Å²) in [7, 11) is 0. The molecule has 0 unspecified atom stereocenters. The van der Waals surface area contributed by atoms with Crippen molar-refractivity contribution in [2.24, 2.45) is 0 Å². The van der Waals surface area contributed by atoms with Crippen molar-refractivity contribution in [1.29, 1.82) is 5.41 Å². The van der Waals surface area contributed by atoms with E-state index in [1.165, 1.54) is 28.6 Å². The van der Waals surface area contributed by atoms with Gasteiger partial charge in [-0.3, -0.25) is 5.41 Å². The molecule has 0 atom stereocenters. The summed E-state index contributed by atoms with van der Waals surface area (Å²) in [5.41, 5.74) is 2.64. The van der Waals surface area contributed by atoms with Crippen molar-refractivity contribution < 1.29 is 0 Å². The maximum atomic E-state index is 8.12. The van der Waals surface area contributed by atoms with E-state index in [1.54, 1.807) is 11.3 Å². The number of aryl methyl sites for hydroxylation is 2. The van der Waals surface area contributed by atoms with Crippen LogP contribution in [0.1, 0.15) is 32.3 Å². The molecule has 0 bridgehead atoms. The molecule has 2 rings (SSSR count). The fourth-order valence-electron chi connectivity index (χ4n) is 2.19. The lowest BCUT2D eigenvalue weighted by Crippen LogP contribution is -2.14. The van der Waals surface area contributed by atoms with Gasteiger partial charge in [0.2, 0.25) is 0 Å². The number of nitrogens with one attached hydrogen (secondary N) is 1. The number of hydrogen-bond acceptors (Lipinski definition) is 3. The van der Waals surface area contributed by atoms with Crippen molar-refractivity contribution in [3.8, 4) is 0 Å². The third kappa shape index (κ3) is 3.63. The van der Waals surface area contributed by atoms with Gasteiger partial charge in [0.05, 0.1) is 10.2 Å². The Balaban J connectivity index is 2.23. The van der Waals surface area contributed by atoms with Crippen molar-refractivity contribution in [3.63, 3.8) is 0 Å². The van der Waals surface area contributed by atoms with E-state index in [4.69, 9.17) is 5.41 Å². The number of aromatic nitrogens is 1. The molecule has 0 aliphatic rings. The zero-order valence-corrected chi connectivity index (χ0v) is 13.4. The summed E-state index contributed by atoms with van der Waals surface area (Å²) in [5.74, 6) is 2.24. The molecule has 0 saturated heterocycles. The highest BCUT2D eigenvalue weighted by Crippen LogP contribution is 2.20. The van der Waals surface area contributed by atoms with Crippen LogP contribution in [0.2, 0.25) is 0 Å². The molecule has 19 heavy (non-hydrogen) atoms. The van der Waals surface area contributed by atoms with Crippen LogP contribution in [0.3, 0.4) is 0 Å². The summed E-state index contributed by atoms with van der Waals surface area (Å²) in [4.78, 5) is 0.680. The van der Waals surface area contributed by atoms with E-state index in [0.717, 1.165) is 24.5 Å². The Bertz CT molecular complexity index is 583. The minimum absolute atomic E-state index is 0.680. The van der Waals surface area contributed by atoms with E-state index in [9.17, 15) is 0 Å². The van der Waals surface area contributed by atoms with Gasteiger partial charge in [-0.15, -0.1) is 0 Å². The van der Waals surface area contributed by atoms with Gasteiger partial charge in [-0.1, -0.05) is 37.7 Å². The van der Waals surface area contributed by atoms with Gasteiger partial charge < -0.3 is 4.57 Å². The van der Waals surface area contributed by atoms with E-state index in [-0.39, 0.29) is 0 Å². The number of benzene rings is 1. The summed E-state index contributed by atoms with van der Waals surface area (Å²) < 4.78 is 3.41. The lowest BCUT2D eigenvalue weighted by Gasteiger charge is -2.05. The molecule has 0 aliphatic heterocycles. The van der Waals surface area contributed by atoms with E-state index in [2.05, 4.69) is 36.6 Å². The first kappa shape index (κ1) is 14.7. The maximum Gasteiger partial charge on any atom is 0.182 e. The van der Waals surface area contributed by atoms with Crippen LogP contribution in [-0.4, -0.2) is 16.1 Å². The van der Waals surface area contributed by atoms with E-state index in [0.29, 0.717) is 4.80 Å². The number of thiazole rings is 1. The smallest absolute Gasteiger partial charge is 0.182 e. The minimum atomic E-state index is 0.680. The van der Waals surface area contributed by atoms with Gasteiger partial charge in [0.1, 0.15) is 0 Å². The van der Waals surface area contributed by atoms with Gasteiger partial charge >= 0.3 is 0 Å². The van der Waals surface area contributed by atoms with Gasteiger partial charge in [0.15, 0.2) is 4.80 Å². The normalized spacial score (nSPS) is 11.3. The van der Waals surface area contributed by atoms with Crippen molar-refractivity contribution >= 4 is 33.3 Å². The van der Waals surface area contributed by atoms with Gasteiger partial charge in [0, 0.05) is 12.3 Å². The molecule has 1 aromatic carbocycles. The third-order valence-corrected chi connectivity index (χ3v) is 5.09. The molecule has 1 N–H and O–H groups in total. The van der Waals surface area contributed by atoms with Crippen molar-refractivity contribution in [2.45, 2.75) is 39.7 Å². The SMILES string of the molecule is CCCCc1ccc2c(c1)sc(=N)n2CCSCC. The van der Waals surface area contributed by atoms with Crippen LogP contribution in [0.25, 0.3) is 10.2 Å². The second-order valence-corrected chi connectivity index (χ2v) is 7.09. The first-order chi connectivity index (χ1) is 9.26. The van der Waals surface area contributed by atoms with Crippen LogP contribution in [0.5, 0.6) is 0 Å². The molecule has 2 aromatic rings. The predicted molar refractivity (Wildman–Crippen MR) is 87.3 cm³/mol. The Kier molecular flexibility index (Phi) is 5.52. The lowest BCUT2D eigenvalue weighted by molar-refractivity contribution is 0.763. The molecule has 1 aromatic heterocycles. The Morgan fingerprint density at radius 3 is 2.89 bits per heavy atom. The molecular weight excluding hydrogens is 272 g/mol. The second kappa shape index (κ2) is 7.15. The van der Waals surface area contributed by atoms with E-state index < -0.39 is 0 Å². The summed E-state index contributed by atoms with van der Waals surface area (Å²) in [5, 5.41) is 8.12. The highest BCUT2D eigenvalue weighted by molar-refractivity contribution is 7.99. The summed E-state index contributed by atoms with van der Waals surface area (Å²) >= 11 is 3.54. The highest BCUT2D eigenvalue weighted by Gasteiger charge is 2.06. The molecule has 104 valence electrons. The first-order valence-corrected chi connectivity index (χ1v) is 8.98. The van der Waals surface area contributed by atoms with Gasteiger partial charge in [-0.2, -0.15) is 11.8 Å². The van der Waals surface area contributed by atoms with Crippen LogP contribution in [-0.2, 0) is 13.0 Å². The quantitative estimate of drug-likeness (QED) is 0.759. The number of thioether (sulfide) groups is 1. The Morgan fingerprint density at radius 2 is 2.16 bits per heavy atom. The topological polar surface area (TPSA) is 28.8 Å². The Morgan fingerprint density at radius 1 is 1.32 bits per heavy atom. The molecule has 0 saturated carbocycles. The zero-order chi connectivity index (χ0) is 13.7. The summed E-state index contributed by atoms with van der Waals surface area (Å²) in [6, 6.07) is 6.70. The monoisotopic (exact) mass is 294 g/mol. The van der Waals surface area contributed by atoms with Crippen LogP contribution in [0, 0.1) is 5.41 Å². The average molecular weight is 294 g/mol. The molecular formula is C15H22N2S2. The van der Waals surface area contributed by atoms with Gasteiger partial charge in [-0.25, -0.2) is 0 Å². The number of unbranched alkanes of at least 4 members (excludes halogenated alkanes) is 1. The van der Waals surface area contributed by atoms with Crippen molar-refractivity contribution in [3.05, 3.63) is 28.6 Å². The van der Waals surface area contributed by atoms with Crippen LogP contribution in [0.15, 0.2) is 18.2 Å². The maximum absolute atomic E-state index is 8.12. The Hall–Kier alpha value is -0.740. The van der Waals surface area contributed by atoms with Crippen molar-refractivity contribution in [1.82, 2.24) is 4.57 Å². The van der Waals surface area contributed by atoms with Gasteiger partial charge in [0.25, 0.3) is 0 Å². The van der Waals surface area contributed by atoms with Crippen LogP contribution < -0.4 is 4.80 Å². The minimum Gasteiger partial charge on any atom is -0.316 e. The molecule has 0 fully saturated rings. The number of rotatable bonds is 7. The van der Waals surface area contributed by atoms with E-state index >= 15 is 0 Å². The third-order valence-electron chi connectivity index (χ3n) is 3.25. The molecule has 1 heterocycles. The molecule has 4 heteroatoms. The Labute approximate surface area is 123 Å². The second-order valence-electron chi connectivity index (χ2n) is 4.66. The molecule has 0 radical (unpaired) electrons. The number of nitrogens with zero attached hydrogens (tertiary/aromatic N) is 1. The fourth-order valence-corrected chi connectivity index (χ4v) is 3.79. The molecule has 0 aliphatic carbocycles. The van der Waals surface area contributed by atoms with Gasteiger partial charge in [-0.05, 0) is 36.3 Å². The van der Waals surface area contributed by atoms with Crippen molar-refractivity contribution in [2.75, 3.05) is 11.5 Å². The molecule has 0 spiro atoms. The first-order valence-electron chi connectivity index (χ1n) is 7.00. The zero-order valence-electron chi connectivity index (χ0n) is 11.7.